The number of nitrogens with one attached hydrogen (secondary N) is 1. The zero-order chi connectivity index (χ0) is 13.2. The van der Waals surface area contributed by atoms with Crippen LogP contribution in [0, 0.1) is 0 Å². The molecule has 96 valence electrons. The molecule has 0 saturated carbocycles. The van der Waals surface area contributed by atoms with Gasteiger partial charge in [0, 0.05) is 11.4 Å². The van der Waals surface area contributed by atoms with E-state index in [0.29, 0.717) is 10.0 Å². The SMILES string of the molecule is Clc1ccc(NC2=Nc3ccccc3CS2)cc1Cl. The lowest BCUT2D eigenvalue weighted by molar-refractivity contribution is 1.35. The summed E-state index contributed by atoms with van der Waals surface area (Å²) >= 11 is 13.6. The molecule has 0 atom stereocenters. The number of para-hydroxylation sites is 1. The maximum atomic E-state index is 5.99. The number of thioether (sulfide) groups is 1. The van der Waals surface area contributed by atoms with Crippen LogP contribution in [0.5, 0.6) is 0 Å². The molecule has 1 N–H and O–H groups in total. The van der Waals surface area contributed by atoms with Crippen LogP contribution in [0.4, 0.5) is 11.4 Å². The summed E-state index contributed by atoms with van der Waals surface area (Å²) in [5.41, 5.74) is 3.16. The molecule has 0 fully saturated rings. The maximum Gasteiger partial charge on any atom is 0.166 e. The molecule has 1 aliphatic heterocycles. The van der Waals surface area contributed by atoms with E-state index < -0.39 is 0 Å². The van der Waals surface area contributed by atoms with E-state index in [1.807, 2.05) is 24.3 Å². The van der Waals surface area contributed by atoms with Crippen LogP contribution < -0.4 is 5.32 Å². The molecule has 0 bridgehead atoms. The standard InChI is InChI=1S/C14H10Cl2N2S/c15-11-6-5-10(7-12(11)16)17-14-18-13-4-2-1-3-9(13)8-19-14/h1-7H,8H2,(H,17,18). The minimum absolute atomic E-state index is 0.536. The molecule has 0 amide bonds. The van der Waals surface area contributed by atoms with Gasteiger partial charge in [0.1, 0.15) is 0 Å². The molecular weight excluding hydrogens is 299 g/mol. The van der Waals surface area contributed by atoms with Gasteiger partial charge >= 0.3 is 0 Å². The summed E-state index contributed by atoms with van der Waals surface area (Å²) in [7, 11) is 0. The zero-order valence-corrected chi connectivity index (χ0v) is 12.2. The Hall–Kier alpha value is -1.16. The molecule has 1 heterocycles. The molecule has 1 aliphatic rings. The Balaban J connectivity index is 1.85. The van der Waals surface area contributed by atoms with Gasteiger partial charge in [-0.2, -0.15) is 0 Å². The van der Waals surface area contributed by atoms with Crippen LogP contribution in [-0.4, -0.2) is 5.17 Å². The Labute approximate surface area is 125 Å². The minimum Gasteiger partial charge on any atom is -0.335 e. The van der Waals surface area contributed by atoms with Crippen LogP contribution in [0.25, 0.3) is 0 Å². The van der Waals surface area contributed by atoms with Gasteiger partial charge in [-0.1, -0.05) is 53.2 Å². The van der Waals surface area contributed by atoms with Crippen LogP contribution in [0.3, 0.4) is 0 Å². The van der Waals surface area contributed by atoms with Crippen molar-refractivity contribution < 1.29 is 0 Å². The van der Waals surface area contributed by atoms with Crippen LogP contribution in [0.2, 0.25) is 10.0 Å². The summed E-state index contributed by atoms with van der Waals surface area (Å²) in [5, 5.41) is 5.22. The second-order valence-electron chi connectivity index (χ2n) is 4.09. The second-order valence-corrected chi connectivity index (χ2v) is 5.87. The molecule has 2 aromatic rings. The Bertz CT molecular complexity index is 656. The van der Waals surface area contributed by atoms with E-state index in [1.165, 1.54) is 5.56 Å². The average molecular weight is 309 g/mol. The fourth-order valence-electron chi connectivity index (χ4n) is 1.79. The number of benzene rings is 2. The monoisotopic (exact) mass is 308 g/mol. The summed E-state index contributed by atoms with van der Waals surface area (Å²) in [6, 6.07) is 13.6. The van der Waals surface area contributed by atoms with Crippen molar-refractivity contribution in [1.82, 2.24) is 0 Å². The van der Waals surface area contributed by atoms with E-state index in [1.54, 1.807) is 23.9 Å². The molecule has 2 aromatic carbocycles. The van der Waals surface area contributed by atoms with Gasteiger partial charge in [-0.25, -0.2) is 4.99 Å². The third kappa shape index (κ3) is 2.89. The van der Waals surface area contributed by atoms with Crippen molar-refractivity contribution in [1.29, 1.82) is 0 Å². The molecule has 0 aliphatic carbocycles. The fraction of sp³-hybridized carbons (Fsp3) is 0.0714. The van der Waals surface area contributed by atoms with E-state index in [9.17, 15) is 0 Å². The first-order valence-electron chi connectivity index (χ1n) is 5.74. The quantitative estimate of drug-likeness (QED) is 0.769. The highest BCUT2D eigenvalue weighted by Gasteiger charge is 2.12. The third-order valence-electron chi connectivity index (χ3n) is 2.75. The number of nitrogens with zero attached hydrogens (tertiary/aromatic N) is 1. The Morgan fingerprint density at radius 3 is 2.74 bits per heavy atom. The second kappa shape index (κ2) is 5.45. The van der Waals surface area contributed by atoms with E-state index in [4.69, 9.17) is 23.2 Å². The number of amidine groups is 1. The number of anilines is 1. The van der Waals surface area contributed by atoms with Crippen LogP contribution in [0.15, 0.2) is 47.5 Å². The van der Waals surface area contributed by atoms with Gasteiger partial charge in [-0.3, -0.25) is 0 Å². The highest BCUT2D eigenvalue weighted by Crippen LogP contribution is 2.32. The summed E-state index contributed by atoms with van der Waals surface area (Å²) in [5.74, 6) is 0.920. The highest BCUT2D eigenvalue weighted by molar-refractivity contribution is 8.13. The molecule has 0 unspecified atom stereocenters. The lowest BCUT2D eigenvalue weighted by atomic mass is 10.2. The van der Waals surface area contributed by atoms with Crippen molar-refractivity contribution in [3.8, 4) is 0 Å². The third-order valence-corrected chi connectivity index (χ3v) is 4.41. The van der Waals surface area contributed by atoms with Gasteiger partial charge in [0.2, 0.25) is 0 Å². The van der Waals surface area contributed by atoms with Gasteiger partial charge in [-0.15, -0.1) is 0 Å². The molecule has 0 aromatic heterocycles. The molecule has 19 heavy (non-hydrogen) atoms. The Morgan fingerprint density at radius 2 is 1.89 bits per heavy atom. The van der Waals surface area contributed by atoms with Gasteiger partial charge in [0.05, 0.1) is 15.7 Å². The lowest BCUT2D eigenvalue weighted by Gasteiger charge is -2.16. The number of halogens is 2. The summed E-state index contributed by atoms with van der Waals surface area (Å²) in [4.78, 5) is 4.59. The predicted octanol–water partition coefficient (Wildman–Crippen LogP) is 5.34. The van der Waals surface area contributed by atoms with E-state index in [2.05, 4.69) is 16.4 Å². The first kappa shape index (κ1) is 12.9. The summed E-state index contributed by atoms with van der Waals surface area (Å²) < 4.78 is 0. The molecule has 5 heteroatoms. The lowest BCUT2D eigenvalue weighted by Crippen LogP contribution is -2.10. The number of fused-ring (bicyclic) bond motifs is 1. The normalized spacial score (nSPS) is 13.7. The van der Waals surface area contributed by atoms with Crippen molar-refractivity contribution in [2.75, 3.05) is 5.32 Å². The Kier molecular flexibility index (Phi) is 3.69. The van der Waals surface area contributed by atoms with Gasteiger partial charge < -0.3 is 5.32 Å². The molecule has 2 nitrogen and oxygen atoms in total. The van der Waals surface area contributed by atoms with E-state index in [0.717, 1.165) is 22.3 Å². The minimum atomic E-state index is 0.536. The number of hydrogen-bond donors (Lipinski definition) is 1. The van der Waals surface area contributed by atoms with Gasteiger partial charge in [0.25, 0.3) is 0 Å². The van der Waals surface area contributed by atoms with Crippen LogP contribution in [0.1, 0.15) is 5.56 Å². The summed E-state index contributed by atoms with van der Waals surface area (Å²) in [6.45, 7) is 0. The molecule has 0 saturated heterocycles. The van der Waals surface area contributed by atoms with Crippen molar-refractivity contribution >= 4 is 51.5 Å². The van der Waals surface area contributed by atoms with Crippen molar-refractivity contribution in [3.63, 3.8) is 0 Å². The van der Waals surface area contributed by atoms with Crippen LogP contribution >= 0.6 is 35.0 Å². The summed E-state index contributed by atoms with van der Waals surface area (Å²) in [6.07, 6.45) is 0. The maximum absolute atomic E-state index is 5.99. The smallest absolute Gasteiger partial charge is 0.166 e. The molecule has 0 radical (unpaired) electrons. The number of rotatable bonds is 1. The van der Waals surface area contributed by atoms with E-state index >= 15 is 0 Å². The van der Waals surface area contributed by atoms with Crippen molar-refractivity contribution in [3.05, 3.63) is 58.1 Å². The number of hydrogen-bond acceptors (Lipinski definition) is 3. The Morgan fingerprint density at radius 1 is 1.05 bits per heavy atom. The first-order chi connectivity index (χ1) is 9.22. The fourth-order valence-corrected chi connectivity index (χ4v) is 2.98. The molecule has 0 spiro atoms. The van der Waals surface area contributed by atoms with Crippen molar-refractivity contribution in [2.24, 2.45) is 4.99 Å². The van der Waals surface area contributed by atoms with Gasteiger partial charge in [-0.05, 0) is 29.8 Å². The zero-order valence-electron chi connectivity index (χ0n) is 9.86. The first-order valence-corrected chi connectivity index (χ1v) is 7.48. The average Bonchev–Trinajstić information content (AvgIpc) is 2.43. The molecule has 3 rings (SSSR count). The highest BCUT2D eigenvalue weighted by atomic mass is 35.5. The molecular formula is C14H10Cl2N2S. The van der Waals surface area contributed by atoms with Crippen LogP contribution in [-0.2, 0) is 5.75 Å². The topological polar surface area (TPSA) is 24.4 Å². The van der Waals surface area contributed by atoms with Gasteiger partial charge in [0.15, 0.2) is 5.17 Å². The largest absolute Gasteiger partial charge is 0.335 e. The predicted molar refractivity (Wildman–Crippen MR) is 84.9 cm³/mol. The number of aliphatic imine (C=N–C) groups is 1. The van der Waals surface area contributed by atoms with E-state index in [-0.39, 0.29) is 0 Å². The van der Waals surface area contributed by atoms with Crippen molar-refractivity contribution in [2.45, 2.75) is 5.75 Å².